The number of anilines is 1. The Morgan fingerprint density at radius 1 is 1.50 bits per heavy atom. The van der Waals surface area contributed by atoms with Crippen LogP contribution in [0.3, 0.4) is 0 Å². The van der Waals surface area contributed by atoms with Gasteiger partial charge in [0, 0.05) is 19.3 Å². The lowest BCUT2D eigenvalue weighted by Gasteiger charge is -2.15. The zero-order chi connectivity index (χ0) is 16.2. The molecule has 22 heavy (non-hydrogen) atoms. The molecule has 1 aromatic rings. The molecule has 0 amide bonds. The van der Waals surface area contributed by atoms with Crippen molar-refractivity contribution in [2.24, 2.45) is 0 Å². The Morgan fingerprint density at radius 3 is 2.86 bits per heavy atom. The van der Waals surface area contributed by atoms with Crippen LogP contribution < -0.4 is 16.2 Å². The van der Waals surface area contributed by atoms with E-state index in [0.29, 0.717) is 12.7 Å². The number of pyridine rings is 1. The maximum Gasteiger partial charge on any atom is 0.417 e. The van der Waals surface area contributed by atoms with Crippen LogP contribution in [0.2, 0.25) is 5.02 Å². The number of hydrogen-bond acceptors (Lipinski definition) is 4. The fraction of sp³-hybridized carbons (Fsp3) is 0.500. The van der Waals surface area contributed by atoms with Gasteiger partial charge in [0.1, 0.15) is 0 Å². The van der Waals surface area contributed by atoms with Gasteiger partial charge in [0.15, 0.2) is 10.9 Å². The second-order valence-electron chi connectivity index (χ2n) is 4.65. The van der Waals surface area contributed by atoms with Gasteiger partial charge < -0.3 is 10.1 Å². The van der Waals surface area contributed by atoms with Gasteiger partial charge in [0.25, 0.3) is 0 Å². The highest BCUT2D eigenvalue weighted by Gasteiger charge is 2.31. The molecule has 5 nitrogen and oxygen atoms in total. The van der Waals surface area contributed by atoms with Crippen LogP contribution in [0.5, 0.6) is 0 Å². The zero-order valence-corrected chi connectivity index (χ0v) is 12.9. The van der Waals surface area contributed by atoms with Gasteiger partial charge in [-0.15, -0.1) is 0 Å². The lowest BCUT2D eigenvalue weighted by Crippen LogP contribution is -2.42. The highest BCUT2D eigenvalue weighted by Crippen LogP contribution is 2.32. The van der Waals surface area contributed by atoms with E-state index >= 15 is 0 Å². The van der Waals surface area contributed by atoms with Gasteiger partial charge in [0.05, 0.1) is 16.7 Å². The minimum atomic E-state index is -4.49. The Balaban J connectivity index is 1.82. The number of nitrogens with one attached hydrogen (secondary N) is 3. The van der Waals surface area contributed by atoms with Crippen molar-refractivity contribution >= 4 is 34.7 Å². The molecule has 10 heteroatoms. The first-order valence-electron chi connectivity index (χ1n) is 6.50. The summed E-state index contributed by atoms with van der Waals surface area (Å²) < 4.78 is 42.9. The number of aromatic nitrogens is 1. The van der Waals surface area contributed by atoms with Crippen molar-refractivity contribution in [1.29, 1.82) is 0 Å². The third-order valence-electron chi connectivity index (χ3n) is 2.98. The third kappa shape index (κ3) is 4.85. The summed E-state index contributed by atoms with van der Waals surface area (Å²) >= 11 is 10.8. The smallest absolute Gasteiger partial charge is 0.376 e. The maximum absolute atomic E-state index is 12.5. The molecule has 1 atom stereocenters. The van der Waals surface area contributed by atoms with Crippen LogP contribution in [-0.2, 0) is 10.9 Å². The van der Waals surface area contributed by atoms with Crippen molar-refractivity contribution < 1.29 is 17.9 Å². The summed E-state index contributed by atoms with van der Waals surface area (Å²) in [7, 11) is 0. The number of nitrogens with zero attached hydrogens (tertiary/aromatic N) is 1. The van der Waals surface area contributed by atoms with E-state index in [1.165, 1.54) is 0 Å². The number of rotatable bonds is 4. The summed E-state index contributed by atoms with van der Waals surface area (Å²) in [6.07, 6.45) is -1.68. The van der Waals surface area contributed by atoms with Crippen molar-refractivity contribution in [3.05, 3.63) is 22.8 Å². The van der Waals surface area contributed by atoms with E-state index in [1.54, 1.807) is 0 Å². The molecule has 122 valence electrons. The van der Waals surface area contributed by atoms with Gasteiger partial charge in [-0.3, -0.25) is 10.9 Å². The zero-order valence-electron chi connectivity index (χ0n) is 11.3. The molecule has 0 saturated carbocycles. The summed E-state index contributed by atoms with van der Waals surface area (Å²) in [6, 6.07) is 0.793. The van der Waals surface area contributed by atoms with Gasteiger partial charge in [-0.1, -0.05) is 11.6 Å². The van der Waals surface area contributed by atoms with Crippen LogP contribution in [-0.4, -0.2) is 29.4 Å². The van der Waals surface area contributed by atoms with Crippen molar-refractivity contribution in [3.63, 3.8) is 0 Å². The van der Waals surface area contributed by atoms with E-state index < -0.39 is 11.7 Å². The SMILES string of the molecule is FC(F)(F)c1cnc(NNC(=S)NCC2CCCO2)c(Cl)c1. The van der Waals surface area contributed by atoms with Gasteiger partial charge in [0.2, 0.25) is 0 Å². The normalized spacial score (nSPS) is 18.1. The van der Waals surface area contributed by atoms with Crippen LogP contribution in [0.25, 0.3) is 0 Å². The molecule has 0 bridgehead atoms. The number of halogens is 4. The average molecular weight is 355 g/mol. The maximum atomic E-state index is 12.5. The van der Waals surface area contributed by atoms with E-state index in [4.69, 9.17) is 28.6 Å². The number of hydrogen-bond donors (Lipinski definition) is 3. The molecule has 2 heterocycles. The van der Waals surface area contributed by atoms with E-state index in [0.717, 1.165) is 25.5 Å². The second kappa shape index (κ2) is 7.30. The molecule has 0 spiro atoms. The van der Waals surface area contributed by atoms with E-state index in [9.17, 15) is 13.2 Å². The fourth-order valence-corrected chi connectivity index (χ4v) is 2.20. The standard InChI is InChI=1S/C12H14ClF3N4OS/c13-9-4-7(12(14,15)16)5-17-10(9)19-20-11(22)18-6-8-2-1-3-21-8/h4-5,8H,1-3,6H2,(H,17,19)(H2,18,20,22). The molecule has 0 aromatic carbocycles. The van der Waals surface area contributed by atoms with Crippen LogP contribution in [0.4, 0.5) is 19.0 Å². The van der Waals surface area contributed by atoms with Gasteiger partial charge >= 0.3 is 6.18 Å². The summed E-state index contributed by atoms with van der Waals surface area (Å²) in [5.74, 6) is 0.0518. The first kappa shape index (κ1) is 17.0. The summed E-state index contributed by atoms with van der Waals surface area (Å²) in [5.41, 5.74) is 4.26. The van der Waals surface area contributed by atoms with Crippen LogP contribution >= 0.6 is 23.8 Å². The number of ether oxygens (including phenoxy) is 1. The van der Waals surface area contributed by atoms with Crippen molar-refractivity contribution in [2.75, 3.05) is 18.6 Å². The quantitative estimate of drug-likeness (QED) is 0.571. The van der Waals surface area contributed by atoms with Crippen molar-refractivity contribution in [1.82, 2.24) is 15.7 Å². The number of hydrazine groups is 1. The second-order valence-corrected chi connectivity index (χ2v) is 5.46. The van der Waals surface area contributed by atoms with Crippen LogP contribution in [0.1, 0.15) is 18.4 Å². The molecule has 1 aromatic heterocycles. The molecule has 1 fully saturated rings. The van der Waals surface area contributed by atoms with Crippen molar-refractivity contribution in [3.8, 4) is 0 Å². The Kier molecular flexibility index (Phi) is 5.65. The van der Waals surface area contributed by atoms with Crippen LogP contribution in [0.15, 0.2) is 12.3 Å². The Bertz CT molecular complexity index is 538. The third-order valence-corrected chi connectivity index (χ3v) is 3.51. The monoisotopic (exact) mass is 354 g/mol. The molecule has 3 N–H and O–H groups in total. The largest absolute Gasteiger partial charge is 0.417 e. The first-order chi connectivity index (χ1) is 10.4. The molecule has 1 unspecified atom stereocenters. The minimum Gasteiger partial charge on any atom is -0.376 e. The molecular weight excluding hydrogens is 341 g/mol. The van der Waals surface area contributed by atoms with E-state index in [2.05, 4.69) is 21.2 Å². The Morgan fingerprint density at radius 2 is 2.27 bits per heavy atom. The van der Waals surface area contributed by atoms with Gasteiger partial charge in [-0.05, 0) is 31.1 Å². The van der Waals surface area contributed by atoms with E-state index in [1.807, 2.05) is 0 Å². The van der Waals surface area contributed by atoms with Crippen LogP contribution in [0, 0.1) is 0 Å². The van der Waals surface area contributed by atoms with Gasteiger partial charge in [-0.25, -0.2) is 4.98 Å². The molecular formula is C12H14ClF3N4OS. The lowest BCUT2D eigenvalue weighted by atomic mass is 10.2. The number of thiocarbonyl (C=S) groups is 1. The van der Waals surface area contributed by atoms with Crippen molar-refractivity contribution in [2.45, 2.75) is 25.1 Å². The van der Waals surface area contributed by atoms with E-state index in [-0.39, 0.29) is 22.1 Å². The predicted octanol–water partition coefficient (Wildman–Crippen LogP) is 2.72. The number of alkyl halides is 3. The molecule has 1 aliphatic rings. The highest BCUT2D eigenvalue weighted by atomic mass is 35.5. The lowest BCUT2D eigenvalue weighted by molar-refractivity contribution is -0.137. The highest BCUT2D eigenvalue weighted by molar-refractivity contribution is 7.80. The Hall–Kier alpha value is -1.32. The minimum absolute atomic E-state index is 0.0518. The van der Waals surface area contributed by atoms with Gasteiger partial charge in [-0.2, -0.15) is 13.2 Å². The molecule has 1 aliphatic heterocycles. The summed E-state index contributed by atoms with van der Waals surface area (Å²) in [4.78, 5) is 3.62. The average Bonchev–Trinajstić information content (AvgIpc) is 2.96. The molecule has 0 aliphatic carbocycles. The molecule has 0 radical (unpaired) electrons. The fourth-order valence-electron chi connectivity index (χ4n) is 1.86. The predicted molar refractivity (Wildman–Crippen MR) is 80.6 cm³/mol. The molecule has 1 saturated heterocycles. The Labute approximate surface area is 135 Å². The summed E-state index contributed by atoms with van der Waals surface area (Å²) in [6.45, 7) is 1.30. The molecule has 2 rings (SSSR count). The summed E-state index contributed by atoms with van der Waals surface area (Å²) in [5, 5.41) is 3.04. The topological polar surface area (TPSA) is 58.2 Å². The first-order valence-corrected chi connectivity index (χ1v) is 7.29.